The Morgan fingerprint density at radius 3 is 2.54 bits per heavy atom. The van der Waals surface area contributed by atoms with Crippen molar-refractivity contribution in [3.05, 3.63) is 76.1 Å². The van der Waals surface area contributed by atoms with Crippen molar-refractivity contribution in [1.29, 1.82) is 0 Å². The Balaban J connectivity index is 1.65. The molecule has 3 aromatic rings. The number of nitrogens with zero attached hydrogens (tertiary/aromatic N) is 1. The summed E-state index contributed by atoms with van der Waals surface area (Å²) in [7, 11) is 0. The second kappa shape index (κ2) is 7.43. The molecule has 7 nitrogen and oxygen atoms in total. The Hall–Kier alpha value is -3.74. The van der Waals surface area contributed by atoms with Crippen molar-refractivity contribution in [2.75, 3.05) is 5.32 Å². The van der Waals surface area contributed by atoms with Crippen molar-refractivity contribution in [3.8, 4) is 0 Å². The average Bonchev–Trinajstić information content (AvgIpc) is 2.65. The molecule has 2 amide bonds. The third-order valence-electron chi connectivity index (χ3n) is 3.59. The van der Waals surface area contributed by atoms with Crippen LogP contribution in [0.3, 0.4) is 0 Å². The SMILES string of the molecule is Cc1ccc(NC(=O)C(=O)N/N=C/c2coc3ccccc3c2=O)cc1. The number of hydrogen-bond donors (Lipinski definition) is 2. The van der Waals surface area contributed by atoms with E-state index < -0.39 is 11.8 Å². The second-order valence-corrected chi connectivity index (χ2v) is 5.54. The lowest BCUT2D eigenvalue weighted by molar-refractivity contribution is -0.136. The molecule has 0 unspecified atom stereocenters. The molecule has 1 heterocycles. The molecule has 0 aliphatic rings. The van der Waals surface area contributed by atoms with Crippen molar-refractivity contribution in [3.63, 3.8) is 0 Å². The molecule has 0 aliphatic carbocycles. The van der Waals surface area contributed by atoms with Crippen LogP contribution >= 0.6 is 0 Å². The van der Waals surface area contributed by atoms with Crippen molar-refractivity contribution < 1.29 is 14.0 Å². The first kappa shape index (κ1) is 17.1. The summed E-state index contributed by atoms with van der Waals surface area (Å²) in [5.74, 6) is -1.82. The van der Waals surface area contributed by atoms with E-state index in [4.69, 9.17) is 4.42 Å². The van der Waals surface area contributed by atoms with Gasteiger partial charge in [0.2, 0.25) is 5.43 Å². The smallest absolute Gasteiger partial charge is 0.329 e. The fraction of sp³-hybridized carbons (Fsp3) is 0.0526. The minimum Gasteiger partial charge on any atom is -0.463 e. The number of hydrogen-bond acceptors (Lipinski definition) is 5. The molecule has 0 fully saturated rings. The van der Waals surface area contributed by atoms with Gasteiger partial charge in [-0.05, 0) is 31.2 Å². The number of benzene rings is 2. The Kier molecular flexibility index (Phi) is 4.89. The minimum absolute atomic E-state index is 0.156. The van der Waals surface area contributed by atoms with Gasteiger partial charge in [0.05, 0.1) is 17.2 Å². The largest absolute Gasteiger partial charge is 0.463 e. The van der Waals surface area contributed by atoms with Crippen LogP contribution in [0.1, 0.15) is 11.1 Å². The molecule has 130 valence electrons. The van der Waals surface area contributed by atoms with Crippen molar-refractivity contribution in [2.24, 2.45) is 5.10 Å². The summed E-state index contributed by atoms with van der Waals surface area (Å²) >= 11 is 0. The van der Waals surface area contributed by atoms with E-state index >= 15 is 0 Å². The van der Waals surface area contributed by atoms with Gasteiger partial charge in [0.25, 0.3) is 0 Å². The Morgan fingerprint density at radius 2 is 1.77 bits per heavy atom. The van der Waals surface area contributed by atoms with E-state index in [2.05, 4.69) is 15.8 Å². The standard InChI is InChI=1S/C19H15N3O4/c1-12-6-8-14(9-7-12)21-18(24)19(25)22-20-10-13-11-26-16-5-3-2-4-15(16)17(13)23/h2-11H,1H3,(H,21,24)(H,22,25)/b20-10+. The first-order chi connectivity index (χ1) is 12.5. The topological polar surface area (TPSA) is 101 Å². The molecule has 0 radical (unpaired) electrons. The number of para-hydroxylation sites is 1. The summed E-state index contributed by atoms with van der Waals surface area (Å²) < 4.78 is 5.33. The molecular weight excluding hydrogens is 334 g/mol. The van der Waals surface area contributed by atoms with Gasteiger partial charge in [-0.3, -0.25) is 14.4 Å². The monoisotopic (exact) mass is 349 g/mol. The van der Waals surface area contributed by atoms with Crippen LogP contribution in [0.2, 0.25) is 0 Å². The van der Waals surface area contributed by atoms with Gasteiger partial charge in [-0.25, -0.2) is 5.43 Å². The maximum absolute atomic E-state index is 12.3. The van der Waals surface area contributed by atoms with Crippen LogP contribution in [0.15, 0.2) is 69.1 Å². The molecule has 0 saturated carbocycles. The predicted octanol–water partition coefficient (Wildman–Crippen LogP) is 2.19. The number of carbonyl (C=O) groups is 2. The maximum atomic E-state index is 12.3. The second-order valence-electron chi connectivity index (χ2n) is 5.54. The van der Waals surface area contributed by atoms with Gasteiger partial charge in [0, 0.05) is 5.69 Å². The van der Waals surface area contributed by atoms with Crippen LogP contribution in [-0.4, -0.2) is 18.0 Å². The van der Waals surface area contributed by atoms with E-state index in [1.807, 2.05) is 19.1 Å². The summed E-state index contributed by atoms with van der Waals surface area (Å²) in [5, 5.41) is 6.49. The number of rotatable bonds is 3. The van der Waals surface area contributed by atoms with Gasteiger partial charge in [0.15, 0.2) is 0 Å². The van der Waals surface area contributed by atoms with Crippen molar-refractivity contribution >= 4 is 34.7 Å². The number of carbonyl (C=O) groups excluding carboxylic acids is 2. The lowest BCUT2D eigenvalue weighted by Gasteiger charge is -2.04. The molecule has 26 heavy (non-hydrogen) atoms. The van der Waals surface area contributed by atoms with Crippen LogP contribution in [0.5, 0.6) is 0 Å². The van der Waals surface area contributed by atoms with E-state index in [1.165, 1.54) is 6.26 Å². The molecular formula is C19H15N3O4. The molecule has 3 rings (SSSR count). The zero-order valence-corrected chi connectivity index (χ0v) is 13.9. The van der Waals surface area contributed by atoms with Gasteiger partial charge in [-0.2, -0.15) is 5.10 Å². The Bertz CT molecular complexity index is 1050. The normalized spacial score (nSPS) is 10.8. The summed E-state index contributed by atoms with van der Waals surface area (Å²) in [4.78, 5) is 35.8. The lowest BCUT2D eigenvalue weighted by atomic mass is 10.2. The molecule has 2 N–H and O–H groups in total. The van der Waals surface area contributed by atoms with Crippen LogP contribution in [0.25, 0.3) is 11.0 Å². The first-order valence-corrected chi connectivity index (χ1v) is 7.76. The molecule has 1 aromatic heterocycles. The minimum atomic E-state index is -0.952. The van der Waals surface area contributed by atoms with Gasteiger partial charge >= 0.3 is 11.8 Å². The predicted molar refractivity (Wildman–Crippen MR) is 98.0 cm³/mol. The highest BCUT2D eigenvalue weighted by atomic mass is 16.3. The van der Waals surface area contributed by atoms with E-state index in [1.54, 1.807) is 36.4 Å². The highest BCUT2D eigenvalue weighted by molar-refractivity contribution is 6.39. The number of fused-ring (bicyclic) bond motifs is 1. The number of hydrazone groups is 1. The molecule has 2 aromatic carbocycles. The average molecular weight is 349 g/mol. The molecule has 0 atom stereocenters. The summed E-state index contributed by atoms with van der Waals surface area (Å²) in [6, 6.07) is 13.8. The fourth-order valence-corrected chi connectivity index (χ4v) is 2.22. The van der Waals surface area contributed by atoms with E-state index in [9.17, 15) is 14.4 Å². The summed E-state index contributed by atoms with van der Waals surface area (Å²) in [6.07, 6.45) is 2.38. The third-order valence-corrected chi connectivity index (χ3v) is 3.59. The molecule has 0 spiro atoms. The quantitative estimate of drug-likeness (QED) is 0.430. The molecule has 0 aliphatic heterocycles. The third kappa shape index (κ3) is 3.84. The molecule has 0 saturated heterocycles. The number of amides is 2. The maximum Gasteiger partial charge on any atom is 0.329 e. The Morgan fingerprint density at radius 1 is 1.04 bits per heavy atom. The number of anilines is 1. The van der Waals surface area contributed by atoms with E-state index in [-0.39, 0.29) is 11.0 Å². The van der Waals surface area contributed by atoms with E-state index in [0.29, 0.717) is 16.7 Å². The highest BCUT2D eigenvalue weighted by Gasteiger charge is 2.13. The fourth-order valence-electron chi connectivity index (χ4n) is 2.22. The lowest BCUT2D eigenvalue weighted by Crippen LogP contribution is -2.32. The van der Waals surface area contributed by atoms with Gasteiger partial charge in [-0.15, -0.1) is 0 Å². The number of aryl methyl sites for hydroxylation is 1. The van der Waals surface area contributed by atoms with Crippen LogP contribution in [0, 0.1) is 6.92 Å². The van der Waals surface area contributed by atoms with E-state index in [0.717, 1.165) is 11.8 Å². The molecule has 7 heteroatoms. The van der Waals surface area contributed by atoms with Crippen molar-refractivity contribution in [2.45, 2.75) is 6.92 Å². The summed E-state index contributed by atoms with van der Waals surface area (Å²) in [6.45, 7) is 1.91. The molecule has 0 bridgehead atoms. The zero-order chi connectivity index (χ0) is 18.5. The van der Waals surface area contributed by atoms with Crippen LogP contribution < -0.4 is 16.2 Å². The first-order valence-electron chi connectivity index (χ1n) is 7.76. The van der Waals surface area contributed by atoms with Crippen molar-refractivity contribution in [1.82, 2.24) is 5.43 Å². The Labute approximate surface area is 148 Å². The van der Waals surface area contributed by atoms with Crippen LogP contribution in [-0.2, 0) is 9.59 Å². The highest BCUT2D eigenvalue weighted by Crippen LogP contribution is 2.09. The van der Waals surface area contributed by atoms with Gasteiger partial charge in [0.1, 0.15) is 11.8 Å². The van der Waals surface area contributed by atoms with Gasteiger partial charge < -0.3 is 9.73 Å². The zero-order valence-electron chi connectivity index (χ0n) is 13.9. The summed E-state index contributed by atoms with van der Waals surface area (Å²) in [5.41, 5.74) is 3.93. The number of nitrogens with one attached hydrogen (secondary N) is 2. The van der Waals surface area contributed by atoms with Crippen LogP contribution in [0.4, 0.5) is 5.69 Å². The van der Waals surface area contributed by atoms with Gasteiger partial charge in [-0.1, -0.05) is 29.8 Å².